The predicted molar refractivity (Wildman–Crippen MR) is 143 cm³/mol. The molecule has 0 heterocycles. The molecule has 0 unspecified atom stereocenters. The second-order valence-corrected chi connectivity index (χ2v) is 17.8. The molecule has 0 aliphatic heterocycles. The fraction of sp³-hybridized carbons (Fsp3) is 0.931. The molecule has 0 aromatic carbocycles. The number of hydrogen-bond acceptors (Lipinski definition) is 0. The quantitative estimate of drug-likeness (QED) is 0.221. The third kappa shape index (κ3) is 5.20. The van der Waals surface area contributed by atoms with E-state index in [9.17, 15) is 0 Å². The van der Waals surface area contributed by atoms with Crippen LogP contribution in [0.5, 0.6) is 0 Å². The van der Waals surface area contributed by atoms with Crippen molar-refractivity contribution in [2.75, 3.05) is 0 Å². The van der Waals surface area contributed by atoms with Crippen LogP contribution in [0, 0.1) is 0 Å². The summed E-state index contributed by atoms with van der Waals surface area (Å²) in [5.41, 5.74) is -0.437. The van der Waals surface area contributed by atoms with Crippen molar-refractivity contribution < 1.29 is 26.3 Å². The van der Waals surface area contributed by atoms with Gasteiger partial charge in [0, 0.05) is 10.6 Å². The molecule has 212 valence electrons. The van der Waals surface area contributed by atoms with Gasteiger partial charge >= 0.3 is 17.8 Å². The first-order valence-corrected chi connectivity index (χ1v) is 18.1. The minimum atomic E-state index is -5.32. The molecule has 5 aliphatic rings. The normalized spacial score (nSPS) is 30.5. The van der Waals surface area contributed by atoms with Crippen LogP contribution in [-0.4, -0.2) is 40.4 Å². The first-order chi connectivity index (χ1) is 17.7. The van der Waals surface area contributed by atoms with Crippen LogP contribution in [0.2, 0.25) is 0 Å². The van der Waals surface area contributed by atoms with E-state index in [0.717, 1.165) is 128 Å². The van der Waals surface area contributed by atoms with E-state index in [4.69, 9.17) is 0 Å². The molecule has 37 heavy (non-hydrogen) atoms. The lowest BCUT2D eigenvalue weighted by molar-refractivity contribution is -0.261. The third-order valence-electron chi connectivity index (χ3n) is 10.00. The molecule has 0 amide bonds. The highest BCUT2D eigenvalue weighted by Gasteiger charge is 2.82. The van der Waals surface area contributed by atoms with Gasteiger partial charge in [-0.15, -0.1) is 0 Å². The Hall–Kier alpha value is 0.180. The van der Waals surface area contributed by atoms with Crippen molar-refractivity contribution in [1.82, 2.24) is 0 Å². The molecule has 0 bridgehead atoms. The zero-order chi connectivity index (χ0) is 26.3. The first kappa shape index (κ1) is 28.7. The van der Waals surface area contributed by atoms with Crippen molar-refractivity contribution in [2.24, 2.45) is 0 Å². The highest BCUT2D eigenvalue weighted by atomic mass is 31.1. The largest absolute Gasteiger partial charge is 0.380 e. The second-order valence-electron chi connectivity index (χ2n) is 12.4. The van der Waals surface area contributed by atoms with E-state index in [1.165, 1.54) is 0 Å². The van der Waals surface area contributed by atoms with Gasteiger partial charge in [-0.1, -0.05) is 92.9 Å². The van der Waals surface area contributed by atoms with Gasteiger partial charge in [-0.25, -0.2) is 0 Å². The minimum Gasteiger partial charge on any atom is -0.194 e. The third-order valence-corrected chi connectivity index (χ3v) is 17.4. The lowest BCUT2D eigenvalue weighted by Gasteiger charge is -2.44. The molecule has 0 saturated heterocycles. The first-order valence-electron chi connectivity index (χ1n) is 15.1. The van der Waals surface area contributed by atoms with E-state index in [2.05, 4.69) is 0 Å². The highest BCUT2D eigenvalue weighted by Crippen LogP contribution is 2.80. The molecular formula is C29H44F6P2. The summed E-state index contributed by atoms with van der Waals surface area (Å²) in [6.45, 7) is 0. The summed E-state index contributed by atoms with van der Waals surface area (Å²) in [5, 5.41) is -1.34. The fourth-order valence-corrected chi connectivity index (χ4v) is 16.9. The van der Waals surface area contributed by atoms with Gasteiger partial charge in [-0.05, 0) is 74.0 Å². The Morgan fingerprint density at radius 3 is 0.811 bits per heavy atom. The van der Waals surface area contributed by atoms with Crippen molar-refractivity contribution in [3.05, 3.63) is 10.6 Å². The Bertz CT molecular complexity index is 703. The van der Waals surface area contributed by atoms with E-state index in [1.54, 1.807) is 0 Å². The van der Waals surface area contributed by atoms with Crippen LogP contribution in [0.3, 0.4) is 0 Å². The molecule has 0 nitrogen and oxygen atoms in total. The molecule has 0 N–H and O–H groups in total. The summed E-state index contributed by atoms with van der Waals surface area (Å²) in [5.74, 6) is -14.8. The molecule has 5 aliphatic carbocycles. The topological polar surface area (TPSA) is 0 Å². The number of alkyl halides is 6. The van der Waals surface area contributed by atoms with Gasteiger partial charge in [0.2, 0.25) is 0 Å². The Kier molecular flexibility index (Phi) is 8.98. The predicted octanol–water partition coefficient (Wildman–Crippen LogP) is 11.4. The van der Waals surface area contributed by atoms with Crippen LogP contribution in [0.25, 0.3) is 0 Å². The maximum atomic E-state index is 16.1. The van der Waals surface area contributed by atoms with Crippen molar-refractivity contribution in [3.8, 4) is 0 Å². The molecule has 0 aromatic heterocycles. The van der Waals surface area contributed by atoms with Gasteiger partial charge in [-0.3, -0.25) is 0 Å². The summed E-state index contributed by atoms with van der Waals surface area (Å²) < 4.78 is 95.4. The molecule has 0 atom stereocenters. The summed E-state index contributed by atoms with van der Waals surface area (Å²) >= 11 is 0. The fourth-order valence-electron chi connectivity index (χ4n) is 8.12. The lowest BCUT2D eigenvalue weighted by atomic mass is 9.99. The Labute approximate surface area is 221 Å². The van der Waals surface area contributed by atoms with Gasteiger partial charge in [-0.2, -0.15) is 26.3 Å². The number of allylic oxidation sites excluding steroid dienone is 2. The van der Waals surface area contributed by atoms with Crippen molar-refractivity contribution in [2.45, 2.75) is 169 Å². The van der Waals surface area contributed by atoms with Crippen molar-refractivity contribution in [1.29, 1.82) is 0 Å². The Morgan fingerprint density at radius 1 is 0.378 bits per heavy atom. The van der Waals surface area contributed by atoms with Crippen molar-refractivity contribution >= 4 is 15.8 Å². The molecule has 0 spiro atoms. The van der Waals surface area contributed by atoms with Gasteiger partial charge in [0.25, 0.3) is 0 Å². The molecule has 4 saturated carbocycles. The molecule has 0 radical (unpaired) electrons. The van der Waals surface area contributed by atoms with E-state index in [-0.39, 0.29) is 22.6 Å². The summed E-state index contributed by atoms with van der Waals surface area (Å²) in [6, 6.07) is 0. The smallest absolute Gasteiger partial charge is 0.194 e. The number of hydrogen-bond donors (Lipinski definition) is 0. The van der Waals surface area contributed by atoms with Gasteiger partial charge in [0.05, 0.1) is 0 Å². The summed E-state index contributed by atoms with van der Waals surface area (Å²) in [7, 11) is -3.46. The van der Waals surface area contributed by atoms with Crippen LogP contribution in [0.1, 0.15) is 128 Å². The van der Waals surface area contributed by atoms with E-state index >= 15 is 26.3 Å². The Balaban J connectivity index is 1.70. The summed E-state index contributed by atoms with van der Waals surface area (Å²) in [6.07, 6.45) is 17.2. The molecule has 5 rings (SSSR count). The van der Waals surface area contributed by atoms with Gasteiger partial charge in [0.15, 0.2) is 0 Å². The standard InChI is InChI=1S/C29H44F6P2/c30-27(31)25(36(21-13-5-1-6-14-21)22-15-7-2-8-16-22)26(28(32,33)29(27,34)35)37(23-17-9-3-10-18-23)24-19-11-4-12-20-24/h21-24H,1-20H2. The average Bonchev–Trinajstić information content (AvgIpc) is 3.02. The molecule has 0 aromatic rings. The highest BCUT2D eigenvalue weighted by molar-refractivity contribution is 7.68. The van der Waals surface area contributed by atoms with Crippen LogP contribution in [0.15, 0.2) is 10.6 Å². The van der Waals surface area contributed by atoms with Crippen LogP contribution >= 0.6 is 15.8 Å². The zero-order valence-corrected chi connectivity index (χ0v) is 23.9. The van der Waals surface area contributed by atoms with E-state index in [0.29, 0.717) is 0 Å². The number of rotatable bonds is 6. The Morgan fingerprint density at radius 2 is 0.595 bits per heavy atom. The van der Waals surface area contributed by atoms with Crippen molar-refractivity contribution in [3.63, 3.8) is 0 Å². The van der Waals surface area contributed by atoms with Crippen LogP contribution < -0.4 is 0 Å². The molecular weight excluding hydrogens is 524 g/mol. The zero-order valence-electron chi connectivity index (χ0n) is 22.1. The molecule has 8 heteroatoms. The van der Waals surface area contributed by atoms with Crippen LogP contribution in [-0.2, 0) is 0 Å². The van der Waals surface area contributed by atoms with Crippen LogP contribution in [0.4, 0.5) is 26.3 Å². The number of halogens is 6. The minimum absolute atomic E-state index is 0.109. The van der Waals surface area contributed by atoms with Gasteiger partial charge < -0.3 is 0 Å². The van der Waals surface area contributed by atoms with E-state index in [1.807, 2.05) is 0 Å². The summed E-state index contributed by atoms with van der Waals surface area (Å²) in [4.78, 5) is 0. The SMILES string of the molecule is FC1(F)C(P(C2CCCCC2)C2CCCCC2)=C(P(C2CCCCC2)C2CCCCC2)C(F)(F)C1(F)F. The maximum absolute atomic E-state index is 16.1. The maximum Gasteiger partial charge on any atom is 0.380 e. The van der Waals surface area contributed by atoms with Gasteiger partial charge in [0.1, 0.15) is 0 Å². The monoisotopic (exact) mass is 568 g/mol. The van der Waals surface area contributed by atoms with E-state index < -0.39 is 44.2 Å². The molecule has 4 fully saturated rings. The second kappa shape index (κ2) is 11.6. The average molecular weight is 569 g/mol. The lowest BCUT2D eigenvalue weighted by Crippen LogP contribution is -2.49.